The third-order valence-electron chi connectivity index (χ3n) is 2.13. The van der Waals surface area contributed by atoms with E-state index >= 15 is 0 Å². The molecule has 0 spiro atoms. The van der Waals surface area contributed by atoms with Gasteiger partial charge < -0.3 is 9.84 Å². The van der Waals surface area contributed by atoms with Gasteiger partial charge in [-0.15, -0.1) is 0 Å². The molecule has 0 aromatic rings. The van der Waals surface area contributed by atoms with E-state index in [2.05, 4.69) is 12.2 Å². The molecule has 1 aliphatic carbocycles. The average Bonchev–Trinajstić information content (AvgIpc) is 2.02. The molecule has 2 nitrogen and oxygen atoms in total. The van der Waals surface area contributed by atoms with E-state index < -0.39 is 0 Å². The molecule has 0 aromatic heterocycles. The molecule has 1 atom stereocenters. The minimum absolute atomic E-state index is 0.129. The second kappa shape index (κ2) is 6.21. The van der Waals surface area contributed by atoms with Gasteiger partial charge in [-0.2, -0.15) is 0 Å². The van der Waals surface area contributed by atoms with Gasteiger partial charge in [-0.05, 0) is 19.3 Å². The van der Waals surface area contributed by atoms with Crippen LogP contribution in [0.15, 0.2) is 12.2 Å². The van der Waals surface area contributed by atoms with Crippen molar-refractivity contribution in [2.45, 2.75) is 38.2 Å². The smallest absolute Gasteiger partial charge is 0.0757 e. The Labute approximate surface area is 74.2 Å². The number of hydrogen-bond donors (Lipinski definition) is 1. The molecule has 0 aliphatic heterocycles. The fourth-order valence-electron chi connectivity index (χ4n) is 1.47. The van der Waals surface area contributed by atoms with Crippen molar-refractivity contribution in [2.24, 2.45) is 0 Å². The first-order valence-electron chi connectivity index (χ1n) is 4.82. The zero-order valence-corrected chi connectivity index (χ0v) is 7.54. The van der Waals surface area contributed by atoms with Crippen molar-refractivity contribution in [3.63, 3.8) is 0 Å². The molecule has 0 heterocycles. The van der Waals surface area contributed by atoms with Crippen LogP contribution in [0.25, 0.3) is 0 Å². The molecule has 1 aliphatic rings. The summed E-state index contributed by atoms with van der Waals surface area (Å²) in [5.41, 5.74) is 0. The Morgan fingerprint density at radius 3 is 3.08 bits per heavy atom. The van der Waals surface area contributed by atoms with Gasteiger partial charge in [0.25, 0.3) is 0 Å². The summed E-state index contributed by atoms with van der Waals surface area (Å²) in [7, 11) is 0. The van der Waals surface area contributed by atoms with E-state index in [1.165, 1.54) is 25.7 Å². The van der Waals surface area contributed by atoms with Crippen molar-refractivity contribution in [3.8, 4) is 0 Å². The van der Waals surface area contributed by atoms with E-state index in [1.807, 2.05) is 0 Å². The van der Waals surface area contributed by atoms with Gasteiger partial charge >= 0.3 is 0 Å². The van der Waals surface area contributed by atoms with E-state index in [1.54, 1.807) is 0 Å². The Morgan fingerprint density at radius 2 is 2.25 bits per heavy atom. The summed E-state index contributed by atoms with van der Waals surface area (Å²) < 4.78 is 5.43. The topological polar surface area (TPSA) is 29.5 Å². The predicted octanol–water partition coefficient (Wildman–Crippen LogP) is 1.88. The van der Waals surface area contributed by atoms with Gasteiger partial charge in [0.05, 0.1) is 19.3 Å². The molecule has 1 unspecified atom stereocenters. The maximum absolute atomic E-state index is 8.57. The van der Waals surface area contributed by atoms with Crippen LogP contribution in [-0.4, -0.2) is 24.4 Å². The largest absolute Gasteiger partial charge is 0.394 e. The van der Waals surface area contributed by atoms with Gasteiger partial charge in [0.2, 0.25) is 0 Å². The van der Waals surface area contributed by atoms with Crippen LogP contribution >= 0.6 is 0 Å². The van der Waals surface area contributed by atoms with Crippen molar-refractivity contribution in [3.05, 3.63) is 12.2 Å². The average molecular weight is 170 g/mol. The molecule has 0 amide bonds. The molecular weight excluding hydrogens is 152 g/mol. The van der Waals surface area contributed by atoms with Gasteiger partial charge in [0, 0.05) is 0 Å². The first-order valence-corrected chi connectivity index (χ1v) is 4.82. The van der Waals surface area contributed by atoms with Gasteiger partial charge in [-0.3, -0.25) is 0 Å². The third kappa shape index (κ3) is 3.88. The molecule has 0 bridgehead atoms. The summed E-state index contributed by atoms with van der Waals surface area (Å²) in [4.78, 5) is 0. The van der Waals surface area contributed by atoms with Crippen LogP contribution in [0.2, 0.25) is 0 Å². The van der Waals surface area contributed by atoms with Gasteiger partial charge in [0.15, 0.2) is 0 Å². The zero-order chi connectivity index (χ0) is 8.65. The third-order valence-corrected chi connectivity index (χ3v) is 2.13. The lowest BCUT2D eigenvalue weighted by Gasteiger charge is -2.15. The summed E-state index contributed by atoms with van der Waals surface area (Å²) in [6.45, 7) is 0.597. The van der Waals surface area contributed by atoms with E-state index in [-0.39, 0.29) is 12.7 Å². The van der Waals surface area contributed by atoms with Crippen LogP contribution in [0.1, 0.15) is 32.1 Å². The highest BCUT2D eigenvalue weighted by Gasteiger charge is 2.05. The van der Waals surface area contributed by atoms with Crippen LogP contribution in [0.4, 0.5) is 0 Å². The minimum Gasteiger partial charge on any atom is -0.394 e. The molecule has 70 valence electrons. The van der Waals surface area contributed by atoms with E-state index in [0.717, 1.165) is 6.42 Å². The number of hydrogen-bond acceptors (Lipinski definition) is 2. The first kappa shape index (κ1) is 9.75. The summed E-state index contributed by atoms with van der Waals surface area (Å²) in [5.74, 6) is 0. The maximum Gasteiger partial charge on any atom is 0.0757 e. The standard InChI is InChI=1S/C10H18O2/c11-8-9-12-10-6-4-2-1-3-5-7-10/h4,6,10-11H,1-3,5,7-9H2/b6-4+. The summed E-state index contributed by atoms with van der Waals surface area (Å²) in [6, 6.07) is 0. The van der Waals surface area contributed by atoms with Crippen molar-refractivity contribution < 1.29 is 9.84 Å². The van der Waals surface area contributed by atoms with E-state index in [4.69, 9.17) is 9.84 Å². The number of aliphatic hydroxyl groups is 1. The quantitative estimate of drug-likeness (QED) is 0.655. The molecule has 0 saturated heterocycles. The van der Waals surface area contributed by atoms with Crippen LogP contribution in [-0.2, 0) is 4.74 Å². The van der Waals surface area contributed by atoms with E-state index in [9.17, 15) is 0 Å². The summed E-state index contributed by atoms with van der Waals surface area (Å²) in [6.07, 6.45) is 10.7. The van der Waals surface area contributed by atoms with Crippen LogP contribution < -0.4 is 0 Å². The molecule has 1 rings (SSSR count). The molecule has 0 fully saturated rings. The van der Waals surface area contributed by atoms with Crippen molar-refractivity contribution in [2.75, 3.05) is 13.2 Å². The number of allylic oxidation sites excluding steroid dienone is 1. The number of aliphatic hydroxyl groups excluding tert-OH is 1. The SMILES string of the molecule is OCCOC1/C=C/CCCCC1. The zero-order valence-electron chi connectivity index (χ0n) is 7.54. The fraction of sp³-hybridized carbons (Fsp3) is 0.800. The summed E-state index contributed by atoms with van der Waals surface area (Å²) >= 11 is 0. The maximum atomic E-state index is 8.57. The van der Waals surface area contributed by atoms with Gasteiger partial charge in [-0.25, -0.2) is 0 Å². The first-order chi connectivity index (χ1) is 5.93. The molecule has 0 aromatic carbocycles. The Kier molecular flexibility index (Phi) is 5.04. The molecular formula is C10H18O2. The van der Waals surface area contributed by atoms with Crippen LogP contribution in [0.5, 0.6) is 0 Å². The Hall–Kier alpha value is -0.340. The minimum atomic E-state index is 0.129. The second-order valence-electron chi connectivity index (χ2n) is 3.20. The van der Waals surface area contributed by atoms with Crippen molar-refractivity contribution >= 4 is 0 Å². The summed E-state index contributed by atoms with van der Waals surface area (Å²) in [5, 5.41) is 8.57. The predicted molar refractivity (Wildman–Crippen MR) is 49.1 cm³/mol. The highest BCUT2D eigenvalue weighted by Crippen LogP contribution is 2.13. The molecule has 12 heavy (non-hydrogen) atoms. The lowest BCUT2D eigenvalue weighted by molar-refractivity contribution is 0.0483. The van der Waals surface area contributed by atoms with Crippen molar-refractivity contribution in [1.82, 2.24) is 0 Å². The Bertz CT molecular complexity index is 132. The molecule has 1 N–H and O–H groups in total. The van der Waals surface area contributed by atoms with Crippen LogP contribution in [0.3, 0.4) is 0 Å². The van der Waals surface area contributed by atoms with Crippen LogP contribution in [0, 0.1) is 0 Å². The Morgan fingerprint density at radius 1 is 1.33 bits per heavy atom. The van der Waals surface area contributed by atoms with Gasteiger partial charge in [0.1, 0.15) is 0 Å². The second-order valence-corrected chi connectivity index (χ2v) is 3.20. The highest BCUT2D eigenvalue weighted by molar-refractivity contribution is 4.91. The lowest BCUT2D eigenvalue weighted by Crippen LogP contribution is -2.13. The molecule has 0 radical (unpaired) electrons. The van der Waals surface area contributed by atoms with Crippen molar-refractivity contribution in [1.29, 1.82) is 0 Å². The normalized spacial score (nSPS) is 27.6. The highest BCUT2D eigenvalue weighted by atomic mass is 16.5. The monoisotopic (exact) mass is 170 g/mol. The Balaban J connectivity index is 2.23. The molecule has 2 heteroatoms. The molecule has 0 saturated carbocycles. The van der Waals surface area contributed by atoms with Gasteiger partial charge in [-0.1, -0.05) is 25.0 Å². The van der Waals surface area contributed by atoms with E-state index in [0.29, 0.717) is 6.61 Å². The fourth-order valence-corrected chi connectivity index (χ4v) is 1.47. The number of ether oxygens (including phenoxy) is 1. The lowest BCUT2D eigenvalue weighted by atomic mass is 10.0. The number of rotatable bonds is 3.